The maximum atomic E-state index is 11.7. The van der Waals surface area contributed by atoms with Crippen LogP contribution in [0.2, 0.25) is 0 Å². The van der Waals surface area contributed by atoms with Gasteiger partial charge >= 0.3 is 0 Å². The number of carbonyl (C=O) groups is 1. The number of rotatable bonds is 7. The highest BCUT2D eigenvalue weighted by Crippen LogP contribution is 2.26. The molecule has 0 aromatic heterocycles. The number of hydrogen-bond acceptors (Lipinski definition) is 2. The molecule has 1 aromatic rings. The molecule has 0 saturated carbocycles. The molecule has 0 heterocycles. The highest BCUT2D eigenvalue weighted by Gasteiger charge is 2.05. The zero-order valence-corrected chi connectivity index (χ0v) is 13.4. The molecule has 0 aliphatic carbocycles. The van der Waals surface area contributed by atoms with Crippen LogP contribution in [0.15, 0.2) is 27.1 Å². The molecule has 1 amide bonds. The van der Waals surface area contributed by atoms with Crippen LogP contribution < -0.4 is 11.1 Å². The minimum absolute atomic E-state index is 0.0570. The molecular formula is C13H18Br2N2O. The summed E-state index contributed by atoms with van der Waals surface area (Å²) < 4.78 is 1.84. The van der Waals surface area contributed by atoms with E-state index >= 15 is 0 Å². The van der Waals surface area contributed by atoms with Crippen molar-refractivity contribution in [3.8, 4) is 0 Å². The summed E-state index contributed by atoms with van der Waals surface area (Å²) in [5.74, 6) is 0.0570. The van der Waals surface area contributed by atoms with Crippen LogP contribution in [0.5, 0.6) is 0 Å². The van der Waals surface area contributed by atoms with E-state index in [1.165, 1.54) is 0 Å². The number of unbranched alkanes of at least 4 members (excludes halogenated alkanes) is 3. The summed E-state index contributed by atoms with van der Waals surface area (Å²) in [6.45, 7) is 0.733. The highest BCUT2D eigenvalue weighted by atomic mass is 79.9. The number of benzene rings is 1. The third kappa shape index (κ3) is 5.98. The molecule has 5 heteroatoms. The quantitative estimate of drug-likeness (QED) is 0.704. The van der Waals surface area contributed by atoms with Crippen LogP contribution in [-0.2, 0) is 4.79 Å². The number of anilines is 1. The Morgan fingerprint density at radius 3 is 2.61 bits per heavy atom. The van der Waals surface area contributed by atoms with E-state index in [1.54, 1.807) is 0 Å². The van der Waals surface area contributed by atoms with Crippen molar-refractivity contribution in [3.63, 3.8) is 0 Å². The van der Waals surface area contributed by atoms with E-state index in [4.69, 9.17) is 5.73 Å². The normalized spacial score (nSPS) is 10.4. The lowest BCUT2D eigenvalue weighted by atomic mass is 10.1. The summed E-state index contributed by atoms with van der Waals surface area (Å²) in [7, 11) is 0. The van der Waals surface area contributed by atoms with Gasteiger partial charge in [-0.1, -0.05) is 28.8 Å². The molecule has 0 aliphatic heterocycles. The molecular weight excluding hydrogens is 360 g/mol. The molecule has 1 rings (SSSR count). The Balaban J connectivity index is 2.33. The number of halogens is 2. The fourth-order valence-electron chi connectivity index (χ4n) is 1.59. The lowest BCUT2D eigenvalue weighted by Crippen LogP contribution is -2.11. The van der Waals surface area contributed by atoms with Crippen LogP contribution in [0.3, 0.4) is 0 Å². The summed E-state index contributed by atoms with van der Waals surface area (Å²) in [4.78, 5) is 11.7. The Morgan fingerprint density at radius 1 is 1.17 bits per heavy atom. The molecule has 0 fully saturated rings. The van der Waals surface area contributed by atoms with Gasteiger partial charge in [0.05, 0.1) is 5.69 Å². The van der Waals surface area contributed by atoms with Crippen LogP contribution >= 0.6 is 31.9 Å². The van der Waals surface area contributed by atoms with Crippen molar-refractivity contribution in [1.29, 1.82) is 0 Å². The van der Waals surface area contributed by atoms with Crippen molar-refractivity contribution in [2.75, 3.05) is 11.9 Å². The van der Waals surface area contributed by atoms with E-state index in [9.17, 15) is 4.79 Å². The van der Waals surface area contributed by atoms with Crippen molar-refractivity contribution in [1.82, 2.24) is 0 Å². The molecule has 0 radical (unpaired) electrons. The van der Waals surface area contributed by atoms with Gasteiger partial charge < -0.3 is 11.1 Å². The molecule has 3 N–H and O–H groups in total. The van der Waals surface area contributed by atoms with E-state index in [0.29, 0.717) is 6.42 Å². The first kappa shape index (κ1) is 15.7. The monoisotopic (exact) mass is 376 g/mol. The highest BCUT2D eigenvalue weighted by molar-refractivity contribution is 9.11. The van der Waals surface area contributed by atoms with Crippen molar-refractivity contribution >= 4 is 43.5 Å². The van der Waals surface area contributed by atoms with Gasteiger partial charge in [0.15, 0.2) is 0 Å². The fourth-order valence-corrected chi connectivity index (χ4v) is 2.30. The van der Waals surface area contributed by atoms with E-state index in [1.807, 2.05) is 18.2 Å². The lowest BCUT2D eigenvalue weighted by molar-refractivity contribution is -0.116. The molecule has 0 aliphatic rings. The number of nitrogens with one attached hydrogen (secondary N) is 1. The Labute approximate surface area is 125 Å². The van der Waals surface area contributed by atoms with Gasteiger partial charge in [-0.25, -0.2) is 0 Å². The predicted octanol–water partition coefficient (Wildman–Crippen LogP) is 4.06. The third-order valence-electron chi connectivity index (χ3n) is 2.56. The van der Waals surface area contributed by atoms with Gasteiger partial charge in [-0.15, -0.1) is 0 Å². The molecule has 100 valence electrons. The van der Waals surface area contributed by atoms with Gasteiger partial charge in [-0.3, -0.25) is 4.79 Å². The Hall–Kier alpha value is -0.390. The second-order valence-corrected chi connectivity index (χ2v) is 5.90. The second kappa shape index (κ2) is 8.67. The summed E-state index contributed by atoms with van der Waals surface area (Å²) >= 11 is 6.80. The standard InChI is InChI=1S/C13H18Br2N2O/c14-10-6-7-11(15)12(9-10)17-13(18)5-3-1-2-4-8-16/h6-7,9H,1-5,8,16H2,(H,17,18). The third-order valence-corrected chi connectivity index (χ3v) is 3.75. The van der Waals surface area contributed by atoms with Crippen LogP contribution in [0.25, 0.3) is 0 Å². The van der Waals surface area contributed by atoms with Gasteiger partial charge in [-0.2, -0.15) is 0 Å². The van der Waals surface area contributed by atoms with Crippen molar-refractivity contribution in [2.24, 2.45) is 5.73 Å². The number of hydrogen-bond donors (Lipinski definition) is 2. The van der Waals surface area contributed by atoms with Gasteiger partial charge in [-0.05, 0) is 53.5 Å². The zero-order valence-electron chi connectivity index (χ0n) is 10.2. The molecule has 0 saturated heterocycles. The smallest absolute Gasteiger partial charge is 0.224 e. The summed E-state index contributed by atoms with van der Waals surface area (Å²) in [6, 6.07) is 5.71. The average Bonchev–Trinajstić information content (AvgIpc) is 2.33. The molecule has 0 atom stereocenters. The average molecular weight is 378 g/mol. The largest absolute Gasteiger partial charge is 0.330 e. The first-order valence-corrected chi connectivity index (χ1v) is 7.67. The topological polar surface area (TPSA) is 55.1 Å². The maximum Gasteiger partial charge on any atom is 0.224 e. The fraction of sp³-hybridized carbons (Fsp3) is 0.462. The lowest BCUT2D eigenvalue weighted by Gasteiger charge is -2.07. The Morgan fingerprint density at radius 2 is 1.89 bits per heavy atom. The summed E-state index contributed by atoms with van der Waals surface area (Å²) in [5.41, 5.74) is 6.22. The number of nitrogens with two attached hydrogens (primary N) is 1. The van der Waals surface area contributed by atoms with Crippen LogP contribution in [0.1, 0.15) is 32.1 Å². The van der Waals surface area contributed by atoms with E-state index in [2.05, 4.69) is 37.2 Å². The molecule has 0 bridgehead atoms. The van der Waals surface area contributed by atoms with Crippen LogP contribution in [0, 0.1) is 0 Å². The Bertz CT molecular complexity index is 397. The van der Waals surface area contributed by atoms with E-state index in [0.717, 1.165) is 46.9 Å². The summed E-state index contributed by atoms with van der Waals surface area (Å²) in [6.07, 6.45) is 4.68. The Kier molecular flexibility index (Phi) is 7.54. The molecule has 18 heavy (non-hydrogen) atoms. The first-order valence-electron chi connectivity index (χ1n) is 6.08. The second-order valence-electron chi connectivity index (χ2n) is 4.13. The van der Waals surface area contributed by atoms with Gasteiger partial charge in [0.2, 0.25) is 5.91 Å². The van der Waals surface area contributed by atoms with Crippen LogP contribution in [-0.4, -0.2) is 12.5 Å². The molecule has 3 nitrogen and oxygen atoms in total. The first-order chi connectivity index (χ1) is 8.63. The predicted molar refractivity (Wildman–Crippen MR) is 82.6 cm³/mol. The minimum Gasteiger partial charge on any atom is -0.330 e. The van der Waals surface area contributed by atoms with Gasteiger partial charge in [0.1, 0.15) is 0 Å². The van der Waals surface area contributed by atoms with E-state index < -0.39 is 0 Å². The molecule has 1 aromatic carbocycles. The van der Waals surface area contributed by atoms with Crippen molar-refractivity contribution < 1.29 is 4.79 Å². The molecule has 0 unspecified atom stereocenters. The zero-order chi connectivity index (χ0) is 13.4. The van der Waals surface area contributed by atoms with Gasteiger partial charge in [0, 0.05) is 15.4 Å². The maximum absolute atomic E-state index is 11.7. The van der Waals surface area contributed by atoms with Crippen molar-refractivity contribution in [2.45, 2.75) is 32.1 Å². The summed E-state index contributed by atoms with van der Waals surface area (Å²) in [5, 5.41) is 2.90. The SMILES string of the molecule is NCCCCCCC(=O)Nc1cc(Br)ccc1Br. The minimum atomic E-state index is 0.0570. The number of amides is 1. The van der Waals surface area contributed by atoms with Crippen LogP contribution in [0.4, 0.5) is 5.69 Å². The van der Waals surface area contributed by atoms with Crippen molar-refractivity contribution in [3.05, 3.63) is 27.1 Å². The number of carbonyl (C=O) groups excluding carboxylic acids is 1. The molecule has 0 spiro atoms. The van der Waals surface area contributed by atoms with E-state index in [-0.39, 0.29) is 5.91 Å². The van der Waals surface area contributed by atoms with Gasteiger partial charge in [0.25, 0.3) is 0 Å².